The lowest BCUT2D eigenvalue weighted by molar-refractivity contribution is -0.153. The van der Waals surface area contributed by atoms with Gasteiger partial charge in [-0.25, -0.2) is 0 Å². The van der Waals surface area contributed by atoms with Crippen LogP contribution in [0.15, 0.2) is 54.6 Å². The molecule has 1 fully saturated rings. The maximum Gasteiger partial charge on any atom is 0.324 e. The number of hydrogen-bond donors (Lipinski definition) is 0. The number of esters is 2. The molecule has 0 aromatic heterocycles. The zero-order valence-electron chi connectivity index (χ0n) is 11.1. The van der Waals surface area contributed by atoms with Gasteiger partial charge in [0.25, 0.3) is 0 Å². The Balaban J connectivity index is 1.94. The minimum atomic E-state index is -0.855. The van der Waals surface area contributed by atoms with Crippen molar-refractivity contribution in [1.29, 1.82) is 0 Å². The van der Waals surface area contributed by atoms with Crippen LogP contribution < -0.4 is 0 Å². The fourth-order valence-corrected chi connectivity index (χ4v) is 2.49. The van der Waals surface area contributed by atoms with Gasteiger partial charge in [0.1, 0.15) is 5.41 Å². The normalized spacial score (nSPS) is 21.9. The quantitative estimate of drug-likeness (QED) is 0.619. The van der Waals surface area contributed by atoms with Gasteiger partial charge in [0, 0.05) is 0 Å². The van der Waals surface area contributed by atoms with E-state index in [1.54, 1.807) is 6.92 Å². The molecule has 0 saturated carbocycles. The van der Waals surface area contributed by atoms with Gasteiger partial charge >= 0.3 is 11.9 Å². The molecule has 100 valence electrons. The summed E-state index contributed by atoms with van der Waals surface area (Å²) in [5.41, 5.74) is 2.16. The van der Waals surface area contributed by atoms with E-state index in [4.69, 9.17) is 0 Å². The van der Waals surface area contributed by atoms with E-state index in [1.807, 2.05) is 54.6 Å². The third-order valence-corrected chi connectivity index (χ3v) is 3.78. The first-order valence-electron chi connectivity index (χ1n) is 6.51. The number of benzene rings is 2. The Bertz CT molecular complexity index is 658. The highest BCUT2D eigenvalue weighted by atomic mass is 16.6. The van der Waals surface area contributed by atoms with Crippen molar-refractivity contribution in [2.75, 3.05) is 0 Å². The second-order valence-electron chi connectivity index (χ2n) is 5.21. The Kier molecular flexibility index (Phi) is 2.90. The molecule has 20 heavy (non-hydrogen) atoms. The molecule has 1 heterocycles. The molecule has 1 aliphatic heterocycles. The Morgan fingerprint density at radius 3 is 2.05 bits per heavy atom. The highest BCUT2D eigenvalue weighted by molar-refractivity contribution is 6.00. The molecule has 0 amide bonds. The third kappa shape index (κ3) is 2.01. The first-order valence-corrected chi connectivity index (χ1v) is 6.51. The lowest BCUT2D eigenvalue weighted by Crippen LogP contribution is -2.27. The summed E-state index contributed by atoms with van der Waals surface area (Å²) < 4.78 is 4.67. The lowest BCUT2D eigenvalue weighted by Gasteiger charge is -2.18. The van der Waals surface area contributed by atoms with Crippen LogP contribution in [-0.4, -0.2) is 11.9 Å². The highest BCUT2D eigenvalue weighted by Crippen LogP contribution is 2.35. The molecule has 3 heteroatoms. The Hall–Kier alpha value is -2.42. The molecule has 0 radical (unpaired) electrons. The summed E-state index contributed by atoms with van der Waals surface area (Å²) in [7, 11) is 0. The van der Waals surface area contributed by atoms with Crippen LogP contribution >= 0.6 is 0 Å². The first kappa shape index (κ1) is 12.6. The molecule has 0 aliphatic carbocycles. The molecule has 0 bridgehead atoms. The minimum Gasteiger partial charge on any atom is -0.392 e. The Labute approximate surface area is 117 Å². The zero-order valence-corrected chi connectivity index (χ0v) is 11.1. The van der Waals surface area contributed by atoms with E-state index in [-0.39, 0.29) is 6.42 Å². The number of ether oxygens (including phenoxy) is 1. The van der Waals surface area contributed by atoms with Crippen molar-refractivity contribution in [2.24, 2.45) is 0 Å². The van der Waals surface area contributed by atoms with Gasteiger partial charge in [-0.2, -0.15) is 0 Å². The van der Waals surface area contributed by atoms with Gasteiger partial charge in [0.05, 0.1) is 6.42 Å². The molecular formula is C17H14O3. The van der Waals surface area contributed by atoms with E-state index in [2.05, 4.69) is 4.74 Å². The summed E-state index contributed by atoms with van der Waals surface area (Å²) in [5.74, 6) is -0.917. The van der Waals surface area contributed by atoms with Crippen LogP contribution in [0.2, 0.25) is 0 Å². The average Bonchev–Trinajstić information content (AvgIpc) is 2.74. The van der Waals surface area contributed by atoms with Crippen molar-refractivity contribution in [3.63, 3.8) is 0 Å². The van der Waals surface area contributed by atoms with Gasteiger partial charge in [0.15, 0.2) is 0 Å². The van der Waals surface area contributed by atoms with E-state index in [0.29, 0.717) is 0 Å². The van der Waals surface area contributed by atoms with E-state index in [0.717, 1.165) is 16.7 Å². The molecule has 1 unspecified atom stereocenters. The van der Waals surface area contributed by atoms with Crippen molar-refractivity contribution >= 4 is 11.9 Å². The summed E-state index contributed by atoms with van der Waals surface area (Å²) in [5, 5.41) is 0. The van der Waals surface area contributed by atoms with Gasteiger partial charge in [-0.15, -0.1) is 0 Å². The molecule has 1 aliphatic rings. The topological polar surface area (TPSA) is 43.4 Å². The lowest BCUT2D eigenvalue weighted by atomic mass is 9.80. The number of cyclic esters (lactones) is 2. The van der Waals surface area contributed by atoms with E-state index in [1.165, 1.54) is 0 Å². The van der Waals surface area contributed by atoms with E-state index >= 15 is 0 Å². The molecule has 2 aromatic carbocycles. The maximum absolute atomic E-state index is 11.8. The van der Waals surface area contributed by atoms with Gasteiger partial charge in [-0.1, -0.05) is 54.6 Å². The standard InChI is InChI=1S/C17H14O3/c1-17(11-15(18)20-16(17)19)14-9-7-13(8-10-14)12-5-3-2-4-6-12/h2-10H,11H2,1H3. The van der Waals surface area contributed by atoms with E-state index in [9.17, 15) is 9.59 Å². The van der Waals surface area contributed by atoms with Crippen LogP contribution in [0, 0.1) is 0 Å². The minimum absolute atomic E-state index is 0.108. The zero-order chi connectivity index (χ0) is 14.2. The molecule has 3 nitrogen and oxygen atoms in total. The van der Waals surface area contributed by atoms with Crippen LogP contribution in [0.3, 0.4) is 0 Å². The molecule has 1 atom stereocenters. The van der Waals surface area contributed by atoms with Crippen LogP contribution in [0.4, 0.5) is 0 Å². The SMILES string of the molecule is CC1(c2ccc(-c3ccccc3)cc2)CC(=O)OC1=O. The highest BCUT2D eigenvalue weighted by Gasteiger charge is 2.46. The largest absolute Gasteiger partial charge is 0.392 e. The maximum atomic E-state index is 11.8. The summed E-state index contributed by atoms with van der Waals surface area (Å²) >= 11 is 0. The molecular weight excluding hydrogens is 252 g/mol. The second-order valence-corrected chi connectivity index (χ2v) is 5.21. The van der Waals surface area contributed by atoms with Crippen molar-refractivity contribution in [1.82, 2.24) is 0 Å². The van der Waals surface area contributed by atoms with Gasteiger partial charge in [0.2, 0.25) is 0 Å². The van der Waals surface area contributed by atoms with E-state index < -0.39 is 17.4 Å². The Morgan fingerprint density at radius 2 is 1.50 bits per heavy atom. The van der Waals surface area contributed by atoms with Gasteiger partial charge in [-0.3, -0.25) is 9.59 Å². The summed E-state index contributed by atoms with van der Waals surface area (Å²) in [4.78, 5) is 23.1. The number of carbonyl (C=O) groups excluding carboxylic acids is 2. The first-order chi connectivity index (χ1) is 9.59. The van der Waals surface area contributed by atoms with Crippen LogP contribution in [0.5, 0.6) is 0 Å². The third-order valence-electron chi connectivity index (χ3n) is 3.78. The number of hydrogen-bond acceptors (Lipinski definition) is 3. The monoisotopic (exact) mass is 266 g/mol. The molecule has 0 N–H and O–H groups in total. The van der Waals surface area contributed by atoms with Crippen molar-refractivity contribution < 1.29 is 14.3 Å². The van der Waals surface area contributed by atoms with Gasteiger partial charge < -0.3 is 4.74 Å². The molecule has 2 aromatic rings. The van der Waals surface area contributed by atoms with Crippen LogP contribution in [0.1, 0.15) is 18.9 Å². The van der Waals surface area contributed by atoms with Crippen molar-refractivity contribution in [2.45, 2.75) is 18.8 Å². The molecule has 3 rings (SSSR count). The number of carbonyl (C=O) groups is 2. The van der Waals surface area contributed by atoms with Crippen LogP contribution in [0.25, 0.3) is 11.1 Å². The van der Waals surface area contributed by atoms with Gasteiger partial charge in [-0.05, 0) is 23.6 Å². The summed E-state index contributed by atoms with van der Waals surface area (Å²) in [6.45, 7) is 1.75. The fourth-order valence-electron chi connectivity index (χ4n) is 2.49. The number of rotatable bonds is 2. The predicted octanol–water partition coefficient (Wildman–Crippen LogP) is 3.08. The average molecular weight is 266 g/mol. The van der Waals surface area contributed by atoms with Crippen molar-refractivity contribution in [3.05, 3.63) is 60.2 Å². The van der Waals surface area contributed by atoms with Crippen LogP contribution in [-0.2, 0) is 19.7 Å². The Morgan fingerprint density at radius 1 is 0.900 bits per heavy atom. The summed E-state index contributed by atoms with van der Waals surface area (Å²) in [6, 6.07) is 17.7. The second kappa shape index (κ2) is 4.60. The summed E-state index contributed by atoms with van der Waals surface area (Å²) in [6.07, 6.45) is 0.108. The molecule has 0 spiro atoms. The fraction of sp³-hybridized carbons (Fsp3) is 0.176. The smallest absolute Gasteiger partial charge is 0.324 e. The predicted molar refractivity (Wildman–Crippen MR) is 74.9 cm³/mol. The molecule has 1 saturated heterocycles. The van der Waals surface area contributed by atoms with Crippen molar-refractivity contribution in [3.8, 4) is 11.1 Å².